The number of allylic oxidation sites excluding steroid dienone is 1. The van der Waals surface area contributed by atoms with E-state index in [0.717, 1.165) is 6.42 Å². The summed E-state index contributed by atoms with van der Waals surface area (Å²) < 4.78 is 39.0. The van der Waals surface area contributed by atoms with Crippen LogP contribution in [0.1, 0.15) is 13.3 Å². The highest BCUT2D eigenvalue weighted by Crippen LogP contribution is 2.45. The first-order chi connectivity index (χ1) is 10.9. The fourth-order valence-electron chi connectivity index (χ4n) is 2.01. The predicted molar refractivity (Wildman–Crippen MR) is 90.5 cm³/mol. The molecular formula is C16H15BF4S2. The zero-order valence-corrected chi connectivity index (χ0v) is 14.0. The summed E-state index contributed by atoms with van der Waals surface area (Å²) in [5.74, 6) is 0. The Hall–Kier alpha value is -1.34. The second-order valence-corrected chi connectivity index (χ2v) is 7.52. The van der Waals surface area contributed by atoms with Crippen molar-refractivity contribution in [3.63, 3.8) is 0 Å². The molecule has 1 heterocycles. The number of hydrogen-bond acceptors (Lipinski definition) is 1. The molecule has 2 aromatic carbocycles. The minimum absolute atomic E-state index is 0.104. The van der Waals surface area contributed by atoms with E-state index in [-0.39, 0.29) is 10.9 Å². The SMILES string of the molecule is CCC=C[S+]1c2ccccc2Sc2ccccc21.F[B-](F)(F)F. The average Bonchev–Trinajstić information content (AvgIpc) is 2.50. The van der Waals surface area contributed by atoms with Crippen LogP contribution >= 0.6 is 11.8 Å². The van der Waals surface area contributed by atoms with Gasteiger partial charge in [-0.05, 0) is 36.8 Å². The van der Waals surface area contributed by atoms with E-state index in [1.54, 1.807) is 0 Å². The Balaban J connectivity index is 0.000000338. The molecule has 0 atom stereocenters. The van der Waals surface area contributed by atoms with Crippen LogP contribution in [0.4, 0.5) is 17.3 Å². The molecule has 0 nitrogen and oxygen atoms in total. The van der Waals surface area contributed by atoms with E-state index in [1.165, 1.54) is 19.6 Å². The van der Waals surface area contributed by atoms with E-state index >= 15 is 0 Å². The van der Waals surface area contributed by atoms with Crippen LogP contribution in [-0.2, 0) is 10.9 Å². The van der Waals surface area contributed by atoms with Crippen LogP contribution in [0.25, 0.3) is 0 Å². The van der Waals surface area contributed by atoms with Gasteiger partial charge >= 0.3 is 7.25 Å². The first kappa shape index (κ1) is 18.0. The molecule has 0 spiro atoms. The first-order valence-electron chi connectivity index (χ1n) is 7.03. The summed E-state index contributed by atoms with van der Waals surface area (Å²) >= 11 is 1.89. The summed E-state index contributed by atoms with van der Waals surface area (Å²) in [4.78, 5) is 5.73. The number of benzene rings is 2. The smallest absolute Gasteiger partial charge is 0.418 e. The molecule has 0 saturated heterocycles. The summed E-state index contributed by atoms with van der Waals surface area (Å²) in [5, 5.41) is 2.37. The first-order valence-corrected chi connectivity index (χ1v) is 9.13. The molecule has 0 saturated carbocycles. The lowest BCUT2D eigenvalue weighted by atomic mass is 10.3. The van der Waals surface area contributed by atoms with E-state index < -0.39 is 7.25 Å². The molecule has 23 heavy (non-hydrogen) atoms. The number of rotatable bonds is 2. The zero-order chi connectivity index (χ0) is 16.9. The van der Waals surface area contributed by atoms with E-state index in [9.17, 15) is 17.3 Å². The number of fused-ring (bicyclic) bond motifs is 2. The molecule has 1 aliphatic heterocycles. The summed E-state index contributed by atoms with van der Waals surface area (Å²) in [6.07, 6.45) is 3.38. The minimum atomic E-state index is -6.00. The largest absolute Gasteiger partial charge is 0.673 e. The highest BCUT2D eigenvalue weighted by molar-refractivity contribution is 8.05. The third-order valence-corrected chi connectivity index (χ3v) is 6.39. The van der Waals surface area contributed by atoms with E-state index in [1.807, 2.05) is 11.8 Å². The molecule has 7 heteroatoms. The molecule has 3 rings (SSSR count). The van der Waals surface area contributed by atoms with Crippen LogP contribution < -0.4 is 0 Å². The Kier molecular flexibility index (Phi) is 6.24. The highest BCUT2D eigenvalue weighted by atomic mass is 32.2. The second kappa shape index (κ2) is 7.97. The Morgan fingerprint density at radius 1 is 0.913 bits per heavy atom. The van der Waals surface area contributed by atoms with Gasteiger partial charge < -0.3 is 17.3 Å². The van der Waals surface area contributed by atoms with E-state index in [0.29, 0.717) is 0 Å². The maximum atomic E-state index is 9.75. The van der Waals surface area contributed by atoms with Crippen LogP contribution in [0.3, 0.4) is 0 Å². The van der Waals surface area contributed by atoms with Gasteiger partial charge in [0.25, 0.3) is 0 Å². The Bertz CT molecular complexity index is 634. The van der Waals surface area contributed by atoms with Gasteiger partial charge in [-0.3, -0.25) is 0 Å². The van der Waals surface area contributed by atoms with Gasteiger partial charge in [0, 0.05) is 0 Å². The van der Waals surface area contributed by atoms with Crippen molar-refractivity contribution in [1.82, 2.24) is 0 Å². The van der Waals surface area contributed by atoms with Crippen LogP contribution in [0.15, 0.2) is 79.6 Å². The molecule has 0 fully saturated rings. The minimum Gasteiger partial charge on any atom is -0.418 e. The Morgan fingerprint density at radius 3 is 1.78 bits per heavy atom. The van der Waals surface area contributed by atoms with Gasteiger partial charge in [0.15, 0.2) is 9.79 Å². The van der Waals surface area contributed by atoms with Crippen molar-refractivity contribution in [2.45, 2.75) is 32.9 Å². The van der Waals surface area contributed by atoms with Crippen molar-refractivity contribution in [3.05, 3.63) is 60.0 Å². The standard InChI is InChI=1S/C16H15S2.BF4/c1-2-3-12-18-15-10-6-4-8-13(15)17-14-9-5-7-11-16(14)18;2-1(3,4)5/h3-12H,2H2,1H3;/q+1;-1. The molecule has 0 bridgehead atoms. The highest BCUT2D eigenvalue weighted by Gasteiger charge is 2.33. The quantitative estimate of drug-likeness (QED) is 0.340. The third-order valence-electron chi connectivity index (χ3n) is 2.86. The molecule has 0 N–H and O–H groups in total. The van der Waals surface area contributed by atoms with Crippen LogP contribution in [-0.4, -0.2) is 7.25 Å². The van der Waals surface area contributed by atoms with Crippen molar-refractivity contribution < 1.29 is 17.3 Å². The van der Waals surface area contributed by atoms with Gasteiger partial charge in [-0.25, -0.2) is 0 Å². The van der Waals surface area contributed by atoms with Crippen LogP contribution in [0.5, 0.6) is 0 Å². The third kappa shape index (κ3) is 5.36. The number of hydrogen-bond donors (Lipinski definition) is 0. The fourth-order valence-corrected chi connectivity index (χ4v) is 5.60. The molecule has 0 radical (unpaired) electrons. The van der Waals surface area contributed by atoms with E-state index in [4.69, 9.17) is 0 Å². The Labute approximate surface area is 140 Å². The molecule has 2 aromatic rings. The summed E-state index contributed by atoms with van der Waals surface area (Å²) in [6.45, 7) is 2.19. The van der Waals surface area contributed by atoms with Crippen molar-refractivity contribution in [2.75, 3.05) is 0 Å². The molecule has 0 aliphatic carbocycles. The molecule has 1 aliphatic rings. The fraction of sp³-hybridized carbons (Fsp3) is 0.125. The summed E-state index contributed by atoms with van der Waals surface area (Å²) in [5.41, 5.74) is 0. The Morgan fingerprint density at radius 2 is 1.35 bits per heavy atom. The predicted octanol–water partition coefficient (Wildman–Crippen LogP) is 6.41. The van der Waals surface area contributed by atoms with Gasteiger partial charge in [-0.15, -0.1) is 0 Å². The monoisotopic (exact) mass is 358 g/mol. The van der Waals surface area contributed by atoms with Crippen molar-refractivity contribution >= 4 is 29.9 Å². The summed E-state index contributed by atoms with van der Waals surface area (Å²) in [7, 11) is -5.90. The van der Waals surface area contributed by atoms with Crippen molar-refractivity contribution in [2.24, 2.45) is 0 Å². The van der Waals surface area contributed by atoms with Crippen molar-refractivity contribution in [3.8, 4) is 0 Å². The lowest BCUT2D eigenvalue weighted by Gasteiger charge is -2.16. The molecule has 122 valence electrons. The zero-order valence-electron chi connectivity index (χ0n) is 12.4. The lowest BCUT2D eigenvalue weighted by molar-refractivity contribution is 0.368. The van der Waals surface area contributed by atoms with Crippen LogP contribution in [0, 0.1) is 0 Å². The van der Waals surface area contributed by atoms with Gasteiger partial charge in [-0.2, -0.15) is 0 Å². The van der Waals surface area contributed by atoms with Crippen LogP contribution in [0.2, 0.25) is 0 Å². The normalized spacial score (nSPS) is 14.0. The van der Waals surface area contributed by atoms with E-state index in [2.05, 4.69) is 66.9 Å². The van der Waals surface area contributed by atoms with Gasteiger partial charge in [0.05, 0.1) is 20.7 Å². The second-order valence-electron chi connectivity index (χ2n) is 4.61. The molecule has 0 amide bonds. The van der Waals surface area contributed by atoms with Gasteiger partial charge in [0.2, 0.25) is 0 Å². The molecular weight excluding hydrogens is 343 g/mol. The number of halogens is 4. The van der Waals surface area contributed by atoms with Gasteiger partial charge in [0.1, 0.15) is 5.41 Å². The summed E-state index contributed by atoms with van der Waals surface area (Å²) in [6, 6.07) is 17.5. The van der Waals surface area contributed by atoms with Crippen molar-refractivity contribution in [1.29, 1.82) is 0 Å². The maximum absolute atomic E-state index is 9.75. The topological polar surface area (TPSA) is 0 Å². The average molecular weight is 358 g/mol. The molecule has 0 aromatic heterocycles. The lowest BCUT2D eigenvalue weighted by Crippen LogP contribution is -2.07. The molecule has 0 unspecified atom stereocenters. The maximum Gasteiger partial charge on any atom is 0.673 e. The van der Waals surface area contributed by atoms with Gasteiger partial charge in [-0.1, -0.05) is 43.0 Å².